The quantitative estimate of drug-likeness (QED) is 0.695. The van der Waals surface area contributed by atoms with E-state index in [9.17, 15) is 9.90 Å². The average Bonchev–Trinajstić information content (AvgIpc) is 3.13. The minimum absolute atomic E-state index is 0.0128. The minimum Gasteiger partial charge on any atom is -0.508 e. The maximum atomic E-state index is 13.3. The molecule has 27 heavy (non-hydrogen) atoms. The molecule has 138 valence electrons. The van der Waals surface area contributed by atoms with Gasteiger partial charge in [-0.15, -0.1) is 0 Å². The molecule has 0 radical (unpaired) electrons. The van der Waals surface area contributed by atoms with Gasteiger partial charge in [-0.3, -0.25) is 4.79 Å². The number of aromatic nitrogens is 2. The second-order valence-corrected chi connectivity index (χ2v) is 8.20. The Morgan fingerprint density at radius 3 is 3.00 bits per heavy atom. The standard InChI is InChI=1S/C22H23N3O2/c1-13-20-10-14-3-5-16(26)11-17(14)22(13,2)7-8-25(20)21(27)15-4-6-18-19(9-15)24-12-23-18/h3-6,9,11-13,20,26H,7-8,10H2,1-2H3,(H,23,24)/t13-,20-,22-/m1/s1. The summed E-state index contributed by atoms with van der Waals surface area (Å²) < 4.78 is 0. The summed E-state index contributed by atoms with van der Waals surface area (Å²) >= 11 is 0. The van der Waals surface area contributed by atoms with Crippen LogP contribution in [0.15, 0.2) is 42.7 Å². The topological polar surface area (TPSA) is 69.2 Å². The molecule has 1 saturated heterocycles. The van der Waals surface area contributed by atoms with Crippen molar-refractivity contribution in [1.82, 2.24) is 14.9 Å². The summed E-state index contributed by atoms with van der Waals surface area (Å²) in [4.78, 5) is 22.7. The van der Waals surface area contributed by atoms with Gasteiger partial charge < -0.3 is 15.0 Å². The zero-order chi connectivity index (χ0) is 18.8. The summed E-state index contributed by atoms with van der Waals surface area (Å²) in [5.41, 5.74) is 4.95. The molecule has 3 aromatic rings. The number of carbonyl (C=O) groups excluding carboxylic acids is 1. The highest BCUT2D eigenvalue weighted by Gasteiger charge is 2.49. The molecule has 0 unspecified atom stereocenters. The number of hydrogen-bond acceptors (Lipinski definition) is 3. The fourth-order valence-corrected chi connectivity index (χ4v) is 5.09. The van der Waals surface area contributed by atoms with E-state index in [0.29, 0.717) is 17.2 Å². The van der Waals surface area contributed by atoms with Gasteiger partial charge in [0.2, 0.25) is 0 Å². The molecule has 3 atom stereocenters. The van der Waals surface area contributed by atoms with Crippen LogP contribution in [0.2, 0.25) is 0 Å². The molecule has 0 spiro atoms. The highest BCUT2D eigenvalue weighted by molar-refractivity contribution is 5.97. The van der Waals surface area contributed by atoms with Gasteiger partial charge in [-0.2, -0.15) is 0 Å². The molecule has 1 amide bonds. The van der Waals surface area contributed by atoms with Gasteiger partial charge in [-0.1, -0.05) is 19.9 Å². The number of fused-ring (bicyclic) bond motifs is 5. The van der Waals surface area contributed by atoms with Crippen molar-refractivity contribution in [2.24, 2.45) is 5.92 Å². The lowest BCUT2D eigenvalue weighted by Crippen LogP contribution is -2.59. The first-order valence-electron chi connectivity index (χ1n) is 9.54. The van der Waals surface area contributed by atoms with Crippen molar-refractivity contribution < 1.29 is 9.90 Å². The Morgan fingerprint density at radius 1 is 1.30 bits per heavy atom. The largest absolute Gasteiger partial charge is 0.508 e. The average molecular weight is 361 g/mol. The van der Waals surface area contributed by atoms with E-state index in [2.05, 4.69) is 28.7 Å². The lowest BCUT2D eigenvalue weighted by Gasteiger charge is -2.54. The number of imidazole rings is 1. The summed E-state index contributed by atoms with van der Waals surface area (Å²) in [5, 5.41) is 9.97. The van der Waals surface area contributed by atoms with Gasteiger partial charge in [0.15, 0.2) is 0 Å². The smallest absolute Gasteiger partial charge is 0.254 e. The van der Waals surface area contributed by atoms with E-state index in [1.807, 2.05) is 30.3 Å². The number of amides is 1. The number of benzene rings is 2. The van der Waals surface area contributed by atoms with Crippen LogP contribution in [0.3, 0.4) is 0 Å². The molecule has 1 aromatic heterocycles. The number of aromatic hydroxyl groups is 1. The molecule has 1 fully saturated rings. The number of rotatable bonds is 1. The summed E-state index contributed by atoms with van der Waals surface area (Å²) in [6, 6.07) is 11.5. The van der Waals surface area contributed by atoms with Crippen molar-refractivity contribution >= 4 is 16.9 Å². The number of H-pyrrole nitrogens is 1. The van der Waals surface area contributed by atoms with Crippen molar-refractivity contribution in [3.05, 3.63) is 59.4 Å². The monoisotopic (exact) mass is 361 g/mol. The van der Waals surface area contributed by atoms with E-state index in [0.717, 1.165) is 30.4 Å². The molecule has 5 rings (SSSR count). The third-order valence-corrected chi connectivity index (χ3v) is 6.92. The van der Waals surface area contributed by atoms with Crippen LogP contribution < -0.4 is 0 Å². The predicted octanol–water partition coefficient (Wildman–Crippen LogP) is 3.63. The molecule has 2 N–H and O–H groups in total. The number of aromatic amines is 1. The van der Waals surface area contributed by atoms with Crippen LogP contribution in [0, 0.1) is 5.92 Å². The molecule has 2 aromatic carbocycles. The third-order valence-electron chi connectivity index (χ3n) is 6.92. The molecular weight excluding hydrogens is 338 g/mol. The molecule has 2 aliphatic rings. The van der Waals surface area contributed by atoms with Crippen molar-refractivity contribution in [3.8, 4) is 5.75 Å². The van der Waals surface area contributed by atoms with Crippen molar-refractivity contribution in [2.45, 2.75) is 38.1 Å². The van der Waals surface area contributed by atoms with Crippen molar-refractivity contribution in [2.75, 3.05) is 6.54 Å². The Hall–Kier alpha value is -2.82. The molecule has 5 nitrogen and oxygen atoms in total. The number of piperidine rings is 1. The normalized spacial score (nSPS) is 26.8. The maximum absolute atomic E-state index is 13.3. The van der Waals surface area contributed by atoms with Crippen LogP contribution in [-0.4, -0.2) is 38.5 Å². The first-order valence-corrected chi connectivity index (χ1v) is 9.54. The van der Waals surface area contributed by atoms with Gasteiger partial charge in [0.25, 0.3) is 5.91 Å². The van der Waals surface area contributed by atoms with E-state index in [1.165, 1.54) is 11.1 Å². The Morgan fingerprint density at radius 2 is 2.15 bits per heavy atom. The van der Waals surface area contributed by atoms with Crippen LogP contribution in [-0.2, 0) is 11.8 Å². The summed E-state index contributed by atoms with van der Waals surface area (Å²) in [6.45, 7) is 5.26. The van der Waals surface area contributed by atoms with E-state index in [4.69, 9.17) is 0 Å². The number of phenolic OH excluding ortho intramolecular Hbond substituents is 1. The van der Waals surface area contributed by atoms with Crippen LogP contribution in [0.5, 0.6) is 5.75 Å². The second-order valence-electron chi connectivity index (χ2n) is 8.20. The third kappa shape index (κ3) is 2.30. The molecule has 5 heteroatoms. The number of likely N-dealkylation sites (tertiary alicyclic amines) is 1. The first kappa shape index (κ1) is 16.4. The summed E-state index contributed by atoms with van der Waals surface area (Å²) in [7, 11) is 0. The minimum atomic E-state index is -0.0128. The molecule has 0 saturated carbocycles. The number of hydrogen-bond donors (Lipinski definition) is 2. The van der Waals surface area contributed by atoms with Crippen LogP contribution in [0.25, 0.3) is 11.0 Å². The zero-order valence-electron chi connectivity index (χ0n) is 15.6. The molecule has 2 bridgehead atoms. The molecule has 2 heterocycles. The molecular formula is C22H23N3O2. The van der Waals surface area contributed by atoms with Crippen LogP contribution >= 0.6 is 0 Å². The van der Waals surface area contributed by atoms with E-state index in [-0.39, 0.29) is 17.4 Å². The lowest BCUT2D eigenvalue weighted by molar-refractivity contribution is 0.0250. The summed E-state index contributed by atoms with van der Waals surface area (Å²) in [6.07, 6.45) is 3.39. The number of phenols is 1. The van der Waals surface area contributed by atoms with Crippen LogP contribution in [0.4, 0.5) is 0 Å². The van der Waals surface area contributed by atoms with E-state index >= 15 is 0 Å². The van der Waals surface area contributed by atoms with Gasteiger partial charge in [0.05, 0.1) is 17.4 Å². The van der Waals surface area contributed by atoms with Gasteiger partial charge in [-0.25, -0.2) is 4.98 Å². The highest BCUT2D eigenvalue weighted by Crippen LogP contribution is 2.49. The number of nitrogens with zero attached hydrogens (tertiary/aromatic N) is 2. The fourth-order valence-electron chi connectivity index (χ4n) is 5.09. The van der Waals surface area contributed by atoms with Crippen molar-refractivity contribution in [1.29, 1.82) is 0 Å². The first-order chi connectivity index (χ1) is 13.0. The molecule has 1 aliphatic carbocycles. The Bertz CT molecular complexity index is 1060. The second kappa shape index (κ2) is 5.59. The Kier molecular flexibility index (Phi) is 3.39. The maximum Gasteiger partial charge on any atom is 0.254 e. The predicted molar refractivity (Wildman–Crippen MR) is 104 cm³/mol. The van der Waals surface area contributed by atoms with E-state index < -0.39 is 0 Å². The van der Waals surface area contributed by atoms with E-state index in [1.54, 1.807) is 12.4 Å². The van der Waals surface area contributed by atoms with Gasteiger partial charge in [0.1, 0.15) is 5.75 Å². The highest BCUT2D eigenvalue weighted by atomic mass is 16.3. The Labute approximate surface area is 158 Å². The van der Waals surface area contributed by atoms with Gasteiger partial charge in [-0.05, 0) is 65.6 Å². The number of nitrogens with one attached hydrogen (secondary N) is 1. The van der Waals surface area contributed by atoms with Gasteiger partial charge >= 0.3 is 0 Å². The van der Waals surface area contributed by atoms with Gasteiger partial charge in [0, 0.05) is 18.2 Å². The lowest BCUT2D eigenvalue weighted by atomic mass is 9.59. The summed E-state index contributed by atoms with van der Waals surface area (Å²) in [5.74, 6) is 0.750. The Balaban J connectivity index is 1.52. The SMILES string of the molecule is C[C@@H]1[C@H]2Cc3ccc(O)cc3[C@]1(C)CCN2C(=O)c1ccc2nc[nH]c2c1. The fraction of sp³-hybridized carbons (Fsp3) is 0.364. The molecule has 1 aliphatic heterocycles. The zero-order valence-corrected chi connectivity index (χ0v) is 15.6. The number of carbonyl (C=O) groups is 1. The van der Waals surface area contributed by atoms with Crippen LogP contribution in [0.1, 0.15) is 41.8 Å². The van der Waals surface area contributed by atoms with Crippen molar-refractivity contribution in [3.63, 3.8) is 0 Å².